The third-order valence-electron chi connectivity index (χ3n) is 5.33. The predicted octanol–water partition coefficient (Wildman–Crippen LogP) is 1.83. The van der Waals surface area contributed by atoms with E-state index in [0.717, 1.165) is 57.5 Å². The molecule has 1 atom stereocenters. The summed E-state index contributed by atoms with van der Waals surface area (Å²) in [6.07, 6.45) is 4.30. The van der Waals surface area contributed by atoms with Gasteiger partial charge >= 0.3 is 11.8 Å². The molecule has 0 amide bonds. The van der Waals surface area contributed by atoms with E-state index in [9.17, 15) is 9.59 Å². The standard InChI is InChI=1S/C21H30N4O3/c1-17(2)15-19(21(27)18-7-4-3-5-8-18)9-6-10-23-11-13-24(14-12-23)25-16-20(26)28-22-25/h3-5,7-8,16-17,19H,6,9-15H2,1-2H3/p+1. The Bertz CT molecular complexity index is 791. The first kappa shape index (κ1) is 20.3. The highest BCUT2D eigenvalue weighted by Gasteiger charge is 2.25. The van der Waals surface area contributed by atoms with Gasteiger partial charge < -0.3 is 0 Å². The number of ketones is 1. The number of hydrogen-bond acceptors (Lipinski definition) is 5. The molecule has 1 aromatic heterocycles. The molecule has 7 heteroatoms. The summed E-state index contributed by atoms with van der Waals surface area (Å²) >= 11 is 0. The Morgan fingerprint density at radius 2 is 1.89 bits per heavy atom. The van der Waals surface area contributed by atoms with Crippen molar-refractivity contribution in [1.82, 2.24) is 10.2 Å². The first-order chi connectivity index (χ1) is 13.5. The molecule has 1 N–H and O–H groups in total. The molecule has 1 fully saturated rings. The molecule has 3 rings (SSSR count). The van der Waals surface area contributed by atoms with Crippen LogP contribution in [0.1, 0.15) is 43.5 Å². The number of piperazine rings is 1. The van der Waals surface area contributed by atoms with Crippen molar-refractivity contribution in [2.75, 3.05) is 37.7 Å². The van der Waals surface area contributed by atoms with Crippen molar-refractivity contribution in [1.29, 1.82) is 0 Å². The molecule has 0 bridgehead atoms. The Hall–Kier alpha value is -2.41. The van der Waals surface area contributed by atoms with Crippen LogP contribution in [0.25, 0.3) is 0 Å². The quantitative estimate of drug-likeness (QED) is 0.525. The third-order valence-corrected chi connectivity index (χ3v) is 5.33. The van der Waals surface area contributed by atoms with Crippen molar-refractivity contribution in [3.8, 4) is 0 Å². The molecular weight excluding hydrogens is 356 g/mol. The van der Waals surface area contributed by atoms with Crippen LogP contribution in [-0.4, -0.2) is 48.7 Å². The van der Waals surface area contributed by atoms with Gasteiger partial charge in [0.15, 0.2) is 5.78 Å². The van der Waals surface area contributed by atoms with E-state index >= 15 is 0 Å². The number of rotatable bonds is 9. The summed E-state index contributed by atoms with van der Waals surface area (Å²) in [4.78, 5) is 28.1. The van der Waals surface area contributed by atoms with Gasteiger partial charge in [-0.25, -0.2) is 4.79 Å². The van der Waals surface area contributed by atoms with Crippen LogP contribution >= 0.6 is 0 Å². The monoisotopic (exact) mass is 387 g/mol. The summed E-state index contributed by atoms with van der Waals surface area (Å²) in [5.74, 6) is 0.880. The fraction of sp³-hybridized carbons (Fsp3) is 0.571. The summed E-state index contributed by atoms with van der Waals surface area (Å²) < 4.78 is 4.72. The maximum Gasteiger partial charge on any atom is 0.430 e. The lowest BCUT2D eigenvalue weighted by molar-refractivity contribution is -0.759. The second-order valence-corrected chi connectivity index (χ2v) is 7.98. The number of carbonyl (C=O) groups excluding carboxylic acids is 1. The number of aromatic amines is 1. The lowest BCUT2D eigenvalue weighted by Crippen LogP contribution is -2.65. The minimum Gasteiger partial charge on any atom is -0.299 e. The number of aromatic nitrogens is 2. The highest BCUT2D eigenvalue weighted by Crippen LogP contribution is 2.22. The van der Waals surface area contributed by atoms with E-state index < -0.39 is 0 Å². The van der Waals surface area contributed by atoms with Crippen LogP contribution in [0.15, 0.2) is 45.8 Å². The van der Waals surface area contributed by atoms with Crippen molar-refractivity contribution in [3.05, 3.63) is 52.5 Å². The number of H-pyrrole nitrogens is 1. The minimum atomic E-state index is -0.373. The molecule has 1 aromatic carbocycles. The van der Waals surface area contributed by atoms with Crippen LogP contribution in [0.5, 0.6) is 0 Å². The molecule has 0 aliphatic carbocycles. The van der Waals surface area contributed by atoms with Gasteiger partial charge in [-0.15, -0.1) is 0 Å². The highest BCUT2D eigenvalue weighted by molar-refractivity contribution is 5.97. The van der Waals surface area contributed by atoms with E-state index in [0.29, 0.717) is 5.92 Å². The molecule has 152 valence electrons. The van der Waals surface area contributed by atoms with Gasteiger partial charge in [-0.3, -0.25) is 14.2 Å². The van der Waals surface area contributed by atoms with E-state index in [4.69, 9.17) is 4.52 Å². The van der Waals surface area contributed by atoms with Gasteiger partial charge in [0.1, 0.15) is 0 Å². The topological polar surface area (TPSA) is 73.4 Å². The van der Waals surface area contributed by atoms with Gasteiger partial charge in [0, 0.05) is 34.6 Å². The Morgan fingerprint density at radius 3 is 2.50 bits per heavy atom. The molecule has 1 aliphatic rings. The van der Waals surface area contributed by atoms with Crippen LogP contribution in [0, 0.1) is 11.8 Å². The average molecular weight is 388 g/mol. The number of benzene rings is 1. The van der Waals surface area contributed by atoms with Crippen molar-refractivity contribution < 1.29 is 14.1 Å². The number of carbonyl (C=O) groups is 1. The molecule has 1 saturated heterocycles. The Balaban J connectivity index is 1.46. The van der Waals surface area contributed by atoms with Gasteiger partial charge in [-0.05, 0) is 31.7 Å². The zero-order valence-corrected chi connectivity index (χ0v) is 16.8. The minimum absolute atomic E-state index is 0.0928. The summed E-state index contributed by atoms with van der Waals surface area (Å²) in [7, 11) is 0. The van der Waals surface area contributed by atoms with E-state index in [1.54, 1.807) is 4.79 Å². The van der Waals surface area contributed by atoms with Crippen molar-refractivity contribution in [2.24, 2.45) is 11.8 Å². The summed E-state index contributed by atoms with van der Waals surface area (Å²) in [5.41, 5.74) is 0.453. The second-order valence-electron chi connectivity index (χ2n) is 7.98. The Labute approximate surface area is 165 Å². The van der Waals surface area contributed by atoms with E-state index in [1.165, 1.54) is 6.20 Å². The molecule has 1 unspecified atom stereocenters. The molecule has 0 radical (unpaired) electrons. The lowest BCUT2D eigenvalue weighted by Gasteiger charge is -2.30. The maximum atomic E-state index is 12.9. The van der Waals surface area contributed by atoms with Gasteiger partial charge in [0.05, 0.1) is 13.1 Å². The van der Waals surface area contributed by atoms with E-state index in [1.807, 2.05) is 30.3 Å². The third kappa shape index (κ3) is 5.55. The van der Waals surface area contributed by atoms with Crippen molar-refractivity contribution in [3.63, 3.8) is 0 Å². The fourth-order valence-corrected chi connectivity index (χ4v) is 3.88. The average Bonchev–Trinajstić information content (AvgIpc) is 3.14. The number of hydrogen-bond donors (Lipinski definition) is 1. The molecule has 7 nitrogen and oxygen atoms in total. The summed E-state index contributed by atoms with van der Waals surface area (Å²) in [5, 5.41) is 4.65. The smallest absolute Gasteiger partial charge is 0.299 e. The Morgan fingerprint density at radius 1 is 1.18 bits per heavy atom. The normalized spacial score (nSPS) is 16.5. The lowest BCUT2D eigenvalue weighted by atomic mass is 9.86. The van der Waals surface area contributed by atoms with E-state index in [-0.39, 0.29) is 17.3 Å². The van der Waals surface area contributed by atoms with Crippen LogP contribution in [0.3, 0.4) is 0 Å². The van der Waals surface area contributed by atoms with Crippen LogP contribution < -0.4 is 15.4 Å². The number of Topliss-reactive ketones (excluding diaryl/α,β-unsaturated/α-hetero) is 1. The van der Waals surface area contributed by atoms with Gasteiger partial charge in [-0.1, -0.05) is 44.2 Å². The van der Waals surface area contributed by atoms with Crippen LogP contribution in [0.2, 0.25) is 0 Å². The van der Waals surface area contributed by atoms with Crippen molar-refractivity contribution >= 4 is 5.78 Å². The second kappa shape index (κ2) is 9.68. The van der Waals surface area contributed by atoms with E-state index in [2.05, 4.69) is 29.0 Å². The van der Waals surface area contributed by atoms with Crippen LogP contribution in [0.4, 0.5) is 0 Å². The zero-order valence-electron chi connectivity index (χ0n) is 16.8. The Kier molecular flexibility index (Phi) is 7.03. The number of nitrogens with one attached hydrogen (secondary N) is 1. The SMILES string of the molecule is CC(C)CC(CCCN1CCN([n+]2cc(=O)o[nH]2)CC1)C(=O)c1ccccc1. The molecule has 1 aliphatic heterocycles. The van der Waals surface area contributed by atoms with Gasteiger partial charge in [-0.2, -0.15) is 5.01 Å². The molecule has 0 saturated carbocycles. The molecule has 2 aromatic rings. The first-order valence-corrected chi connectivity index (χ1v) is 10.2. The number of nitrogens with zero attached hydrogens (tertiary/aromatic N) is 3. The summed E-state index contributed by atoms with van der Waals surface area (Å²) in [6, 6.07) is 9.67. The largest absolute Gasteiger partial charge is 0.430 e. The molecule has 2 heterocycles. The molecular formula is C21H31N4O3+. The summed E-state index contributed by atoms with van der Waals surface area (Å²) in [6.45, 7) is 8.89. The van der Waals surface area contributed by atoms with Gasteiger partial charge in [0.25, 0.3) is 0 Å². The molecule has 0 spiro atoms. The predicted molar refractivity (Wildman–Crippen MR) is 107 cm³/mol. The zero-order chi connectivity index (χ0) is 19.9. The maximum absolute atomic E-state index is 12.9. The first-order valence-electron chi connectivity index (χ1n) is 10.2. The van der Waals surface area contributed by atoms with Crippen LogP contribution in [-0.2, 0) is 0 Å². The molecule has 28 heavy (non-hydrogen) atoms. The van der Waals surface area contributed by atoms with Crippen molar-refractivity contribution in [2.45, 2.75) is 33.1 Å². The van der Waals surface area contributed by atoms with Gasteiger partial charge in [0.2, 0.25) is 0 Å². The highest BCUT2D eigenvalue weighted by atomic mass is 16.5. The fourth-order valence-electron chi connectivity index (χ4n) is 3.88.